The van der Waals surface area contributed by atoms with Gasteiger partial charge in [-0.25, -0.2) is 8.42 Å². The molecule has 0 aromatic carbocycles. The molecule has 1 heterocycles. The van der Waals surface area contributed by atoms with Gasteiger partial charge in [-0.05, 0) is 50.9 Å². The van der Waals surface area contributed by atoms with Gasteiger partial charge in [-0.2, -0.15) is 0 Å². The van der Waals surface area contributed by atoms with E-state index in [0.717, 1.165) is 25.7 Å². The molecule has 2 saturated carbocycles. The van der Waals surface area contributed by atoms with Crippen molar-refractivity contribution in [1.29, 1.82) is 0 Å². The summed E-state index contributed by atoms with van der Waals surface area (Å²) in [6, 6.07) is -0.108. The van der Waals surface area contributed by atoms with Crippen molar-refractivity contribution in [2.24, 2.45) is 23.5 Å². The average molecular weight is 422 g/mol. The van der Waals surface area contributed by atoms with E-state index in [1.807, 2.05) is 6.92 Å². The van der Waals surface area contributed by atoms with E-state index in [0.29, 0.717) is 24.8 Å². The maximum Gasteiger partial charge on any atom is 0.239 e. The number of hydrogen-bond donors (Lipinski definition) is 2. The zero-order valence-electron chi connectivity index (χ0n) is 15.9. The van der Waals surface area contributed by atoms with E-state index < -0.39 is 9.84 Å². The Morgan fingerprint density at radius 1 is 1.15 bits per heavy atom. The quantitative estimate of drug-likeness (QED) is 0.679. The van der Waals surface area contributed by atoms with Crippen molar-refractivity contribution >= 4 is 34.1 Å². The number of carbonyl (C=O) groups excluding carboxylic acids is 2. The number of nitrogens with two attached hydrogens (primary N) is 1. The van der Waals surface area contributed by atoms with Gasteiger partial charge < -0.3 is 16.0 Å². The minimum atomic E-state index is -3.03. The standard InChI is InChI=1S/C18H31N3O4S.ClH/c1-2-21(10-16(22)20-15-6-7-26(24,25)11-15)18(23)14-8-12-4-3-5-13(9-14)17(12)19;/h12-15,17H,2-11,19H2,1H3,(H,20,22);1H. The van der Waals surface area contributed by atoms with E-state index in [9.17, 15) is 18.0 Å². The van der Waals surface area contributed by atoms with Crippen molar-refractivity contribution in [3.8, 4) is 0 Å². The zero-order chi connectivity index (χ0) is 18.9. The predicted octanol–water partition coefficient (Wildman–Crippen LogP) is 0.714. The Labute approximate surface area is 168 Å². The molecule has 156 valence electrons. The highest BCUT2D eigenvalue weighted by Gasteiger charge is 2.41. The lowest BCUT2D eigenvalue weighted by molar-refractivity contribution is -0.142. The summed E-state index contributed by atoms with van der Waals surface area (Å²) in [6.07, 6.45) is 5.52. The van der Waals surface area contributed by atoms with E-state index in [4.69, 9.17) is 5.73 Å². The van der Waals surface area contributed by atoms with Crippen LogP contribution in [0.5, 0.6) is 0 Å². The largest absolute Gasteiger partial charge is 0.351 e. The number of amides is 2. The Morgan fingerprint density at radius 2 is 1.78 bits per heavy atom. The van der Waals surface area contributed by atoms with Crippen LogP contribution in [0, 0.1) is 17.8 Å². The van der Waals surface area contributed by atoms with Crippen LogP contribution in [-0.2, 0) is 19.4 Å². The highest BCUT2D eigenvalue weighted by Crippen LogP contribution is 2.42. The van der Waals surface area contributed by atoms with Gasteiger partial charge >= 0.3 is 0 Å². The number of rotatable bonds is 5. The lowest BCUT2D eigenvalue weighted by Gasteiger charge is -2.44. The van der Waals surface area contributed by atoms with Gasteiger partial charge in [0.1, 0.15) is 0 Å². The van der Waals surface area contributed by atoms with E-state index in [1.165, 1.54) is 6.42 Å². The first kappa shape index (κ1) is 22.4. The summed E-state index contributed by atoms with van der Waals surface area (Å²) in [6.45, 7) is 2.36. The van der Waals surface area contributed by atoms with Gasteiger partial charge in [0, 0.05) is 24.5 Å². The van der Waals surface area contributed by atoms with Crippen LogP contribution in [0.15, 0.2) is 0 Å². The van der Waals surface area contributed by atoms with Crippen LogP contribution in [-0.4, -0.2) is 61.8 Å². The Morgan fingerprint density at radius 3 is 2.30 bits per heavy atom. The zero-order valence-corrected chi connectivity index (χ0v) is 17.6. The molecule has 0 aromatic rings. The number of hydrogen-bond acceptors (Lipinski definition) is 5. The Kier molecular flexibility index (Phi) is 7.55. The first-order valence-electron chi connectivity index (χ1n) is 9.83. The number of fused-ring (bicyclic) bond motifs is 2. The first-order valence-corrected chi connectivity index (χ1v) is 11.7. The minimum absolute atomic E-state index is 0. The van der Waals surface area contributed by atoms with Gasteiger partial charge in [-0.1, -0.05) is 6.42 Å². The van der Waals surface area contributed by atoms with E-state index in [-0.39, 0.29) is 60.3 Å². The molecular weight excluding hydrogens is 390 g/mol. The highest BCUT2D eigenvalue weighted by molar-refractivity contribution is 7.91. The number of halogens is 1. The van der Waals surface area contributed by atoms with E-state index in [1.54, 1.807) is 4.90 Å². The van der Waals surface area contributed by atoms with Gasteiger partial charge in [-0.15, -0.1) is 12.4 Å². The number of nitrogens with zero attached hydrogens (tertiary/aromatic N) is 1. The maximum absolute atomic E-state index is 13.0. The fraction of sp³-hybridized carbons (Fsp3) is 0.889. The second-order valence-corrected chi connectivity index (χ2v) is 10.4. The summed E-state index contributed by atoms with van der Waals surface area (Å²) in [5.74, 6) is 0.716. The lowest BCUT2D eigenvalue weighted by atomic mass is 9.65. The summed E-state index contributed by atoms with van der Waals surface area (Å²) in [5, 5.41) is 2.77. The van der Waals surface area contributed by atoms with Crippen molar-refractivity contribution in [3.05, 3.63) is 0 Å². The Bertz CT molecular complexity index is 643. The van der Waals surface area contributed by atoms with E-state index >= 15 is 0 Å². The van der Waals surface area contributed by atoms with Gasteiger partial charge in [0.2, 0.25) is 11.8 Å². The molecule has 2 bridgehead atoms. The second kappa shape index (κ2) is 9.09. The molecule has 3 unspecified atom stereocenters. The van der Waals surface area contributed by atoms with Gasteiger partial charge in [0.25, 0.3) is 0 Å². The van der Waals surface area contributed by atoms with Gasteiger partial charge in [-0.3, -0.25) is 9.59 Å². The smallest absolute Gasteiger partial charge is 0.239 e. The number of carbonyl (C=O) groups is 2. The maximum atomic E-state index is 13.0. The topological polar surface area (TPSA) is 110 Å². The molecule has 3 atom stereocenters. The fourth-order valence-corrected chi connectivity index (χ4v) is 6.62. The molecule has 2 amide bonds. The molecule has 0 radical (unpaired) electrons. The van der Waals surface area contributed by atoms with Crippen LogP contribution >= 0.6 is 12.4 Å². The van der Waals surface area contributed by atoms with E-state index in [2.05, 4.69) is 5.32 Å². The molecule has 3 aliphatic rings. The number of likely N-dealkylation sites (N-methyl/N-ethyl adjacent to an activating group) is 1. The number of sulfone groups is 1. The van der Waals surface area contributed by atoms with Gasteiger partial charge in [0.05, 0.1) is 18.1 Å². The lowest BCUT2D eigenvalue weighted by Crippen LogP contribution is -2.51. The van der Waals surface area contributed by atoms with Crippen molar-refractivity contribution in [3.63, 3.8) is 0 Å². The van der Waals surface area contributed by atoms with Crippen LogP contribution < -0.4 is 11.1 Å². The molecule has 1 aliphatic heterocycles. The second-order valence-electron chi connectivity index (χ2n) is 8.22. The third kappa shape index (κ3) is 5.35. The van der Waals surface area contributed by atoms with Crippen molar-refractivity contribution < 1.29 is 18.0 Å². The normalized spacial score (nSPS) is 34.4. The molecule has 9 heteroatoms. The van der Waals surface area contributed by atoms with Crippen molar-refractivity contribution in [2.75, 3.05) is 24.6 Å². The molecular formula is C18H32ClN3O4S. The van der Waals surface area contributed by atoms with Crippen molar-refractivity contribution in [2.45, 2.75) is 57.5 Å². The summed E-state index contributed by atoms with van der Waals surface area (Å²) >= 11 is 0. The summed E-state index contributed by atoms with van der Waals surface area (Å²) in [7, 11) is -3.03. The molecule has 3 rings (SSSR count). The molecule has 1 saturated heterocycles. The summed E-state index contributed by atoms with van der Waals surface area (Å²) in [4.78, 5) is 26.9. The molecule has 0 aromatic heterocycles. The third-order valence-electron chi connectivity index (χ3n) is 6.39. The Hall–Kier alpha value is -0.860. The molecule has 0 spiro atoms. The summed E-state index contributed by atoms with van der Waals surface area (Å²) < 4.78 is 23.0. The van der Waals surface area contributed by atoms with Crippen LogP contribution in [0.3, 0.4) is 0 Å². The van der Waals surface area contributed by atoms with Crippen LogP contribution in [0.1, 0.15) is 45.4 Å². The van der Waals surface area contributed by atoms with Crippen LogP contribution in [0.25, 0.3) is 0 Å². The predicted molar refractivity (Wildman–Crippen MR) is 106 cm³/mol. The molecule has 3 fully saturated rings. The monoisotopic (exact) mass is 421 g/mol. The summed E-state index contributed by atoms with van der Waals surface area (Å²) in [5.41, 5.74) is 6.31. The minimum Gasteiger partial charge on any atom is -0.351 e. The highest BCUT2D eigenvalue weighted by atomic mass is 35.5. The average Bonchev–Trinajstić information content (AvgIpc) is 2.90. The Balaban J connectivity index is 0.00000261. The van der Waals surface area contributed by atoms with Crippen LogP contribution in [0.4, 0.5) is 0 Å². The molecule has 2 aliphatic carbocycles. The van der Waals surface area contributed by atoms with Crippen LogP contribution in [0.2, 0.25) is 0 Å². The SMILES string of the molecule is CCN(CC(=O)NC1CCS(=O)(=O)C1)C(=O)C1CC2CCCC(C1)C2N.Cl. The van der Waals surface area contributed by atoms with Crippen molar-refractivity contribution in [1.82, 2.24) is 10.2 Å². The van der Waals surface area contributed by atoms with Gasteiger partial charge in [0.15, 0.2) is 9.84 Å². The first-order chi connectivity index (χ1) is 12.3. The molecule has 3 N–H and O–H groups in total. The third-order valence-corrected chi connectivity index (χ3v) is 8.16. The molecule has 7 nitrogen and oxygen atoms in total. The fourth-order valence-electron chi connectivity index (χ4n) is 4.95. The number of nitrogens with one attached hydrogen (secondary N) is 1. The molecule has 27 heavy (non-hydrogen) atoms.